The fourth-order valence-corrected chi connectivity index (χ4v) is 2.27. The number of anilines is 1. The molecule has 1 unspecified atom stereocenters. The Morgan fingerprint density at radius 2 is 2.14 bits per heavy atom. The van der Waals surface area contributed by atoms with Crippen LogP contribution in [0.4, 0.5) is 5.69 Å². The largest absolute Gasteiger partial charge is 0.492 e. The highest BCUT2D eigenvalue weighted by molar-refractivity contribution is 6.32. The van der Waals surface area contributed by atoms with Crippen molar-refractivity contribution in [3.63, 3.8) is 0 Å². The summed E-state index contributed by atoms with van der Waals surface area (Å²) >= 11 is 6.15. The lowest BCUT2D eigenvalue weighted by Gasteiger charge is -2.17. The maximum absolute atomic E-state index is 12.2. The molecule has 0 radical (unpaired) electrons. The molecule has 0 saturated heterocycles. The predicted molar refractivity (Wildman–Crippen MR) is 87.9 cm³/mol. The Balaban J connectivity index is 2.69. The summed E-state index contributed by atoms with van der Waals surface area (Å²) in [6, 6.07) is 5.26. The first-order valence-electron chi connectivity index (χ1n) is 7.41. The highest BCUT2D eigenvalue weighted by Gasteiger charge is 2.18. The lowest BCUT2D eigenvalue weighted by Crippen LogP contribution is -2.30. The van der Waals surface area contributed by atoms with Crippen LogP contribution in [-0.2, 0) is 4.79 Å². The Labute approximate surface area is 132 Å². The molecule has 21 heavy (non-hydrogen) atoms. The number of hydrogen-bond acceptors (Lipinski definition) is 3. The third kappa shape index (κ3) is 5.94. The summed E-state index contributed by atoms with van der Waals surface area (Å²) in [5.41, 5.74) is 6.34. The van der Waals surface area contributed by atoms with E-state index in [0.717, 1.165) is 12.8 Å². The number of halogens is 1. The van der Waals surface area contributed by atoms with E-state index in [-0.39, 0.29) is 11.8 Å². The molecule has 1 aromatic rings. The van der Waals surface area contributed by atoms with Crippen molar-refractivity contribution >= 4 is 23.2 Å². The van der Waals surface area contributed by atoms with Crippen LogP contribution in [-0.4, -0.2) is 19.1 Å². The minimum absolute atomic E-state index is 0.0653. The fraction of sp³-hybridized carbons (Fsp3) is 0.562. The zero-order valence-electron chi connectivity index (χ0n) is 13.0. The van der Waals surface area contributed by atoms with Gasteiger partial charge in [0.2, 0.25) is 5.91 Å². The van der Waals surface area contributed by atoms with E-state index in [9.17, 15) is 4.79 Å². The summed E-state index contributed by atoms with van der Waals surface area (Å²) in [6.45, 7) is 7.15. The number of amides is 1. The molecular formula is C16H25ClN2O2. The number of rotatable bonds is 8. The molecule has 118 valence electrons. The minimum atomic E-state index is -0.181. The Bertz CT molecular complexity index is 464. The number of ether oxygens (including phenoxy) is 1. The standard InChI is InChI=1S/C16H25ClN2O2/c1-4-7-21-15-6-5-13(9-14(15)17)19-16(20)12(10-18)8-11(2)3/h5-6,9,11-12H,4,7-8,10,18H2,1-3H3,(H,19,20). The molecular weight excluding hydrogens is 288 g/mol. The Morgan fingerprint density at radius 1 is 1.43 bits per heavy atom. The first-order valence-corrected chi connectivity index (χ1v) is 7.79. The van der Waals surface area contributed by atoms with Crippen molar-refractivity contribution < 1.29 is 9.53 Å². The quantitative estimate of drug-likeness (QED) is 0.769. The molecule has 1 aromatic carbocycles. The maximum atomic E-state index is 12.2. The van der Waals surface area contributed by atoms with Gasteiger partial charge >= 0.3 is 0 Å². The molecule has 0 aromatic heterocycles. The summed E-state index contributed by atoms with van der Waals surface area (Å²) in [6.07, 6.45) is 1.69. The average Bonchev–Trinajstić information content (AvgIpc) is 2.43. The summed E-state index contributed by atoms with van der Waals surface area (Å²) in [4.78, 5) is 12.2. The van der Waals surface area contributed by atoms with E-state index in [1.165, 1.54) is 0 Å². The highest BCUT2D eigenvalue weighted by atomic mass is 35.5. The highest BCUT2D eigenvalue weighted by Crippen LogP contribution is 2.28. The zero-order chi connectivity index (χ0) is 15.8. The van der Waals surface area contributed by atoms with Crippen molar-refractivity contribution in [2.45, 2.75) is 33.6 Å². The van der Waals surface area contributed by atoms with Crippen molar-refractivity contribution in [3.05, 3.63) is 23.2 Å². The topological polar surface area (TPSA) is 64.3 Å². The van der Waals surface area contributed by atoms with Gasteiger partial charge in [0.1, 0.15) is 5.75 Å². The molecule has 1 atom stereocenters. The Hall–Kier alpha value is -1.26. The third-order valence-corrected chi connectivity index (χ3v) is 3.37. The number of carbonyl (C=O) groups is 1. The van der Waals surface area contributed by atoms with E-state index >= 15 is 0 Å². The van der Waals surface area contributed by atoms with E-state index in [0.29, 0.717) is 35.5 Å². The molecule has 0 aliphatic rings. The van der Waals surface area contributed by atoms with E-state index < -0.39 is 0 Å². The first kappa shape index (κ1) is 17.8. The van der Waals surface area contributed by atoms with Crippen LogP contribution in [0, 0.1) is 11.8 Å². The summed E-state index contributed by atoms with van der Waals surface area (Å²) in [7, 11) is 0. The van der Waals surface area contributed by atoms with Crippen molar-refractivity contribution in [2.24, 2.45) is 17.6 Å². The van der Waals surface area contributed by atoms with Crippen LogP contribution in [0.1, 0.15) is 33.6 Å². The van der Waals surface area contributed by atoms with Crippen molar-refractivity contribution in [1.82, 2.24) is 0 Å². The number of benzene rings is 1. The van der Waals surface area contributed by atoms with Gasteiger partial charge in [-0.05, 0) is 37.0 Å². The second-order valence-corrected chi connectivity index (χ2v) is 5.95. The van der Waals surface area contributed by atoms with Crippen molar-refractivity contribution in [1.29, 1.82) is 0 Å². The Morgan fingerprint density at radius 3 is 2.67 bits per heavy atom. The van der Waals surface area contributed by atoms with Gasteiger partial charge in [0, 0.05) is 12.2 Å². The fourth-order valence-electron chi connectivity index (χ4n) is 2.03. The molecule has 1 rings (SSSR count). The van der Waals surface area contributed by atoms with E-state index in [4.69, 9.17) is 22.1 Å². The van der Waals surface area contributed by atoms with Crippen LogP contribution in [0.25, 0.3) is 0 Å². The summed E-state index contributed by atoms with van der Waals surface area (Å²) in [5.74, 6) is 0.816. The van der Waals surface area contributed by atoms with E-state index in [1.807, 2.05) is 6.92 Å². The smallest absolute Gasteiger partial charge is 0.228 e. The van der Waals surface area contributed by atoms with Crippen LogP contribution < -0.4 is 15.8 Å². The van der Waals surface area contributed by atoms with Gasteiger partial charge < -0.3 is 15.8 Å². The third-order valence-electron chi connectivity index (χ3n) is 3.07. The first-order chi connectivity index (χ1) is 9.97. The molecule has 0 fully saturated rings. The van der Waals surface area contributed by atoms with Crippen LogP contribution in [0.2, 0.25) is 5.02 Å². The van der Waals surface area contributed by atoms with Crippen LogP contribution in [0.15, 0.2) is 18.2 Å². The molecule has 0 bridgehead atoms. The number of nitrogens with one attached hydrogen (secondary N) is 1. The number of nitrogens with two attached hydrogens (primary N) is 1. The van der Waals surface area contributed by atoms with Crippen LogP contribution >= 0.6 is 11.6 Å². The average molecular weight is 313 g/mol. The van der Waals surface area contributed by atoms with E-state index in [1.54, 1.807) is 18.2 Å². The van der Waals surface area contributed by atoms with Gasteiger partial charge in [-0.25, -0.2) is 0 Å². The van der Waals surface area contributed by atoms with Crippen LogP contribution in [0.5, 0.6) is 5.75 Å². The molecule has 5 heteroatoms. The number of hydrogen-bond donors (Lipinski definition) is 2. The van der Waals surface area contributed by atoms with Gasteiger partial charge in [-0.15, -0.1) is 0 Å². The zero-order valence-corrected chi connectivity index (χ0v) is 13.7. The minimum Gasteiger partial charge on any atom is -0.492 e. The van der Waals surface area contributed by atoms with E-state index in [2.05, 4.69) is 19.2 Å². The molecule has 0 aliphatic heterocycles. The Kier molecular flexibility index (Phi) is 7.54. The summed E-state index contributed by atoms with van der Waals surface area (Å²) in [5, 5.41) is 3.36. The number of carbonyl (C=O) groups excluding carboxylic acids is 1. The summed E-state index contributed by atoms with van der Waals surface area (Å²) < 4.78 is 5.50. The molecule has 0 spiro atoms. The molecule has 1 amide bonds. The SMILES string of the molecule is CCCOc1ccc(NC(=O)C(CN)CC(C)C)cc1Cl. The molecule has 0 heterocycles. The van der Waals surface area contributed by atoms with Crippen molar-refractivity contribution in [2.75, 3.05) is 18.5 Å². The predicted octanol–water partition coefficient (Wildman–Crippen LogP) is 3.69. The normalized spacial score (nSPS) is 12.3. The molecule has 0 saturated carbocycles. The molecule has 0 aliphatic carbocycles. The monoisotopic (exact) mass is 312 g/mol. The maximum Gasteiger partial charge on any atom is 0.228 e. The van der Waals surface area contributed by atoms with Gasteiger partial charge in [0.15, 0.2) is 0 Å². The van der Waals surface area contributed by atoms with Gasteiger partial charge in [-0.1, -0.05) is 32.4 Å². The van der Waals surface area contributed by atoms with Gasteiger partial charge in [0.05, 0.1) is 17.5 Å². The van der Waals surface area contributed by atoms with Crippen LogP contribution in [0.3, 0.4) is 0 Å². The second-order valence-electron chi connectivity index (χ2n) is 5.55. The van der Waals surface area contributed by atoms with Gasteiger partial charge in [-0.2, -0.15) is 0 Å². The van der Waals surface area contributed by atoms with Crippen molar-refractivity contribution in [3.8, 4) is 5.75 Å². The lowest BCUT2D eigenvalue weighted by atomic mass is 9.96. The van der Waals surface area contributed by atoms with Gasteiger partial charge in [-0.3, -0.25) is 4.79 Å². The molecule has 4 nitrogen and oxygen atoms in total. The van der Waals surface area contributed by atoms with Gasteiger partial charge in [0.25, 0.3) is 0 Å². The second kappa shape index (κ2) is 8.90. The molecule has 3 N–H and O–H groups in total. The lowest BCUT2D eigenvalue weighted by molar-refractivity contribution is -0.120.